The minimum absolute atomic E-state index is 0.0244. The number of pyridine rings is 1. The monoisotopic (exact) mass is 221 g/mol. The van der Waals surface area contributed by atoms with E-state index >= 15 is 0 Å². The quantitative estimate of drug-likeness (QED) is 0.801. The summed E-state index contributed by atoms with van der Waals surface area (Å²) in [6, 6.07) is 3.56. The molecule has 88 valence electrons. The second-order valence-electron chi connectivity index (χ2n) is 4.28. The molecule has 0 amide bonds. The van der Waals surface area contributed by atoms with E-state index in [2.05, 4.69) is 9.88 Å². The van der Waals surface area contributed by atoms with Crippen LogP contribution in [0.25, 0.3) is 0 Å². The van der Waals surface area contributed by atoms with Crippen molar-refractivity contribution in [1.82, 2.24) is 4.98 Å². The first-order valence-electron chi connectivity index (χ1n) is 5.88. The average Bonchev–Trinajstić information content (AvgIpc) is 2.39. The summed E-state index contributed by atoms with van der Waals surface area (Å²) in [5, 5.41) is 9.03. The molecule has 0 radical (unpaired) electrons. The fraction of sp³-hybridized carbons (Fsp3) is 0.583. The predicted molar refractivity (Wildman–Crippen MR) is 64.3 cm³/mol. The van der Waals surface area contributed by atoms with Crippen LogP contribution >= 0.6 is 0 Å². The summed E-state index contributed by atoms with van der Waals surface area (Å²) >= 11 is 0. The molecule has 1 aromatic heterocycles. The van der Waals surface area contributed by atoms with Gasteiger partial charge in [-0.3, -0.25) is 0 Å². The number of piperidine rings is 1. The molecule has 1 aliphatic rings. The molecular formula is C12H19N3O. The first-order chi connectivity index (χ1) is 7.81. The van der Waals surface area contributed by atoms with Gasteiger partial charge in [0.25, 0.3) is 0 Å². The summed E-state index contributed by atoms with van der Waals surface area (Å²) in [4.78, 5) is 6.66. The van der Waals surface area contributed by atoms with Gasteiger partial charge in [0.1, 0.15) is 5.82 Å². The number of nitrogens with zero attached hydrogens (tertiary/aromatic N) is 2. The van der Waals surface area contributed by atoms with Crippen LogP contribution in [0, 0.1) is 0 Å². The van der Waals surface area contributed by atoms with Gasteiger partial charge >= 0.3 is 0 Å². The Morgan fingerprint density at radius 2 is 2.12 bits per heavy atom. The highest BCUT2D eigenvalue weighted by molar-refractivity contribution is 5.42. The van der Waals surface area contributed by atoms with Crippen molar-refractivity contribution in [2.24, 2.45) is 5.73 Å². The lowest BCUT2D eigenvalue weighted by atomic mass is 10.1. The molecule has 3 N–H and O–H groups in total. The van der Waals surface area contributed by atoms with Crippen LogP contribution in [0.2, 0.25) is 0 Å². The third-order valence-corrected chi connectivity index (χ3v) is 3.07. The van der Waals surface area contributed by atoms with Gasteiger partial charge in [-0.1, -0.05) is 0 Å². The molecule has 16 heavy (non-hydrogen) atoms. The highest BCUT2D eigenvalue weighted by Gasteiger charge is 2.13. The van der Waals surface area contributed by atoms with E-state index in [9.17, 15) is 0 Å². The van der Waals surface area contributed by atoms with E-state index in [-0.39, 0.29) is 12.6 Å². The molecule has 0 bridgehead atoms. The third kappa shape index (κ3) is 2.51. The standard InChI is InChI=1S/C12H19N3O/c13-11(9-16)10-4-5-14-12(8-10)15-6-2-1-3-7-15/h4-5,8,11,16H,1-3,6-7,9,13H2. The first-order valence-corrected chi connectivity index (χ1v) is 5.88. The predicted octanol–water partition coefficient (Wildman–Crippen LogP) is 1.06. The molecule has 1 aliphatic heterocycles. The fourth-order valence-electron chi connectivity index (χ4n) is 2.07. The van der Waals surface area contributed by atoms with E-state index in [1.165, 1.54) is 19.3 Å². The second-order valence-corrected chi connectivity index (χ2v) is 4.28. The third-order valence-electron chi connectivity index (χ3n) is 3.07. The molecule has 1 unspecified atom stereocenters. The van der Waals surface area contributed by atoms with Crippen LogP contribution in [0.4, 0.5) is 5.82 Å². The molecule has 1 atom stereocenters. The van der Waals surface area contributed by atoms with Crippen molar-refractivity contribution in [2.75, 3.05) is 24.6 Å². The largest absolute Gasteiger partial charge is 0.394 e. The summed E-state index contributed by atoms with van der Waals surface area (Å²) in [6.45, 7) is 2.12. The Morgan fingerprint density at radius 3 is 2.81 bits per heavy atom. The van der Waals surface area contributed by atoms with Crippen LogP contribution in [0.3, 0.4) is 0 Å². The summed E-state index contributed by atoms with van der Waals surface area (Å²) in [7, 11) is 0. The Balaban J connectivity index is 2.14. The Bertz CT molecular complexity index is 337. The highest BCUT2D eigenvalue weighted by atomic mass is 16.3. The van der Waals surface area contributed by atoms with E-state index in [1.54, 1.807) is 6.20 Å². The van der Waals surface area contributed by atoms with Crippen molar-refractivity contribution in [1.29, 1.82) is 0 Å². The Labute approximate surface area is 96.1 Å². The van der Waals surface area contributed by atoms with Crippen molar-refractivity contribution in [3.8, 4) is 0 Å². The number of nitrogens with two attached hydrogens (primary N) is 1. The Morgan fingerprint density at radius 1 is 1.38 bits per heavy atom. The molecule has 1 fully saturated rings. The minimum atomic E-state index is -0.299. The van der Waals surface area contributed by atoms with E-state index in [1.807, 2.05) is 12.1 Å². The van der Waals surface area contributed by atoms with Crippen molar-refractivity contribution in [3.63, 3.8) is 0 Å². The molecule has 1 saturated heterocycles. The van der Waals surface area contributed by atoms with Crippen LogP contribution in [0.5, 0.6) is 0 Å². The van der Waals surface area contributed by atoms with Crippen molar-refractivity contribution in [3.05, 3.63) is 23.9 Å². The van der Waals surface area contributed by atoms with Crippen LogP contribution in [0.1, 0.15) is 30.9 Å². The molecular weight excluding hydrogens is 202 g/mol. The summed E-state index contributed by atoms with van der Waals surface area (Å²) in [6.07, 6.45) is 5.55. The van der Waals surface area contributed by atoms with E-state index in [4.69, 9.17) is 10.8 Å². The molecule has 0 aromatic carbocycles. The van der Waals surface area contributed by atoms with E-state index in [0.29, 0.717) is 0 Å². The van der Waals surface area contributed by atoms with Crippen LogP contribution in [-0.4, -0.2) is 29.8 Å². The number of anilines is 1. The van der Waals surface area contributed by atoms with Crippen LogP contribution in [-0.2, 0) is 0 Å². The number of aliphatic hydroxyl groups is 1. The number of hydrogen-bond acceptors (Lipinski definition) is 4. The van der Waals surface area contributed by atoms with E-state index in [0.717, 1.165) is 24.5 Å². The molecule has 0 aliphatic carbocycles. The van der Waals surface area contributed by atoms with Gasteiger partial charge in [0.15, 0.2) is 0 Å². The zero-order valence-electron chi connectivity index (χ0n) is 9.47. The number of hydrogen-bond donors (Lipinski definition) is 2. The van der Waals surface area contributed by atoms with Gasteiger partial charge in [-0.2, -0.15) is 0 Å². The lowest BCUT2D eigenvalue weighted by Crippen LogP contribution is -2.30. The first kappa shape index (κ1) is 11.4. The minimum Gasteiger partial charge on any atom is -0.394 e. The zero-order valence-corrected chi connectivity index (χ0v) is 9.47. The van der Waals surface area contributed by atoms with Crippen molar-refractivity contribution < 1.29 is 5.11 Å². The smallest absolute Gasteiger partial charge is 0.128 e. The van der Waals surface area contributed by atoms with Crippen LogP contribution < -0.4 is 10.6 Å². The molecule has 2 heterocycles. The summed E-state index contributed by atoms with van der Waals surface area (Å²) < 4.78 is 0. The summed E-state index contributed by atoms with van der Waals surface area (Å²) in [5.41, 5.74) is 6.75. The van der Waals surface area contributed by atoms with Gasteiger partial charge in [0.2, 0.25) is 0 Å². The molecule has 2 rings (SSSR count). The molecule has 4 nitrogen and oxygen atoms in total. The highest BCUT2D eigenvalue weighted by Crippen LogP contribution is 2.20. The van der Waals surface area contributed by atoms with Gasteiger partial charge in [0.05, 0.1) is 12.6 Å². The molecule has 1 aromatic rings. The van der Waals surface area contributed by atoms with Gasteiger partial charge in [-0.15, -0.1) is 0 Å². The van der Waals surface area contributed by atoms with Gasteiger partial charge in [-0.05, 0) is 37.0 Å². The average molecular weight is 221 g/mol. The fourth-order valence-corrected chi connectivity index (χ4v) is 2.07. The van der Waals surface area contributed by atoms with Crippen molar-refractivity contribution >= 4 is 5.82 Å². The summed E-state index contributed by atoms with van der Waals surface area (Å²) in [5.74, 6) is 0.987. The SMILES string of the molecule is NC(CO)c1ccnc(N2CCCCC2)c1. The van der Waals surface area contributed by atoms with Crippen molar-refractivity contribution in [2.45, 2.75) is 25.3 Å². The Hall–Kier alpha value is -1.13. The second kappa shape index (κ2) is 5.27. The maximum absolute atomic E-state index is 9.03. The topological polar surface area (TPSA) is 62.4 Å². The zero-order chi connectivity index (χ0) is 11.4. The maximum atomic E-state index is 9.03. The van der Waals surface area contributed by atoms with Gasteiger partial charge < -0.3 is 15.7 Å². The van der Waals surface area contributed by atoms with Crippen LogP contribution in [0.15, 0.2) is 18.3 Å². The number of aromatic nitrogens is 1. The lowest BCUT2D eigenvalue weighted by molar-refractivity contribution is 0.268. The number of aliphatic hydroxyl groups excluding tert-OH is 1. The maximum Gasteiger partial charge on any atom is 0.128 e. The molecule has 0 saturated carbocycles. The molecule has 4 heteroatoms. The Kier molecular flexibility index (Phi) is 3.74. The molecule has 0 spiro atoms. The van der Waals surface area contributed by atoms with Gasteiger partial charge in [0, 0.05) is 19.3 Å². The normalized spacial score (nSPS) is 18.5. The number of rotatable bonds is 3. The van der Waals surface area contributed by atoms with E-state index < -0.39 is 0 Å². The van der Waals surface area contributed by atoms with Gasteiger partial charge in [-0.25, -0.2) is 4.98 Å². The lowest BCUT2D eigenvalue weighted by Gasteiger charge is -2.28.